The van der Waals surface area contributed by atoms with Gasteiger partial charge in [-0.1, -0.05) is 98.5 Å². The van der Waals surface area contributed by atoms with Crippen LogP contribution < -0.4 is 5.32 Å². The average molecular weight is 559 g/mol. The van der Waals surface area contributed by atoms with Crippen LogP contribution in [-0.4, -0.2) is 34.7 Å². The molecule has 3 aromatic carbocycles. The van der Waals surface area contributed by atoms with Gasteiger partial charge in [0.1, 0.15) is 11.6 Å². The lowest BCUT2D eigenvalue weighted by Crippen LogP contribution is -2.13. The first-order valence-electron chi connectivity index (χ1n) is 13.4. The number of allylic oxidation sites excluding steroid dienone is 4. The molecule has 4 rings (SSSR count). The summed E-state index contributed by atoms with van der Waals surface area (Å²) in [5, 5.41) is 3.34. The topological polar surface area (TPSA) is 67.8 Å². The lowest BCUT2D eigenvalue weighted by atomic mass is 10.0. The second-order valence-electron chi connectivity index (χ2n) is 9.46. The van der Waals surface area contributed by atoms with E-state index in [1.165, 1.54) is 23.0 Å². The van der Waals surface area contributed by atoms with Crippen molar-refractivity contribution in [1.29, 1.82) is 0 Å². The second-order valence-corrected chi connectivity index (χ2v) is 11.6. The van der Waals surface area contributed by atoms with Gasteiger partial charge in [-0.25, -0.2) is 8.42 Å². The van der Waals surface area contributed by atoms with E-state index in [1.54, 1.807) is 14.2 Å². The molecule has 0 bridgehead atoms. The fourth-order valence-electron chi connectivity index (χ4n) is 3.92. The van der Waals surface area contributed by atoms with E-state index in [0.717, 1.165) is 47.7 Å². The summed E-state index contributed by atoms with van der Waals surface area (Å²) in [4.78, 5) is 4.29. The van der Waals surface area contributed by atoms with Gasteiger partial charge in [-0.2, -0.15) is 0 Å². The number of nitrogens with one attached hydrogen (secondary N) is 1. The third kappa shape index (κ3) is 12.3. The molecule has 5 nitrogen and oxygen atoms in total. The molecule has 0 radical (unpaired) electrons. The molecule has 0 aromatic heterocycles. The van der Waals surface area contributed by atoms with E-state index in [-0.39, 0.29) is 5.75 Å². The Morgan fingerprint density at radius 1 is 1.00 bits per heavy atom. The maximum atomic E-state index is 11.0. The molecule has 0 amide bonds. The molecule has 0 aliphatic heterocycles. The number of amidine groups is 1. The molecule has 0 unspecified atom stereocenters. The summed E-state index contributed by atoms with van der Waals surface area (Å²) in [6.45, 7) is 7.91. The summed E-state index contributed by atoms with van der Waals surface area (Å²) >= 11 is 0. The van der Waals surface area contributed by atoms with Crippen molar-refractivity contribution in [2.45, 2.75) is 38.9 Å². The van der Waals surface area contributed by atoms with E-state index in [0.29, 0.717) is 0 Å². The number of hydrogen-bond acceptors (Lipinski definition) is 4. The molecule has 212 valence electrons. The van der Waals surface area contributed by atoms with Crippen LogP contribution >= 0.6 is 0 Å². The van der Waals surface area contributed by atoms with Crippen molar-refractivity contribution in [2.24, 2.45) is 4.99 Å². The number of aliphatic imine (C=N–C) groups is 1. The number of anilines is 1. The monoisotopic (exact) mass is 558 g/mol. The molecule has 1 aliphatic rings. The van der Waals surface area contributed by atoms with Gasteiger partial charge in [-0.3, -0.25) is 4.99 Å². The summed E-state index contributed by atoms with van der Waals surface area (Å²) in [6, 6.07) is 26.1. The van der Waals surface area contributed by atoms with Crippen molar-refractivity contribution >= 4 is 21.4 Å². The molecule has 6 heteroatoms. The Morgan fingerprint density at radius 3 is 2.27 bits per heavy atom. The van der Waals surface area contributed by atoms with Crippen LogP contribution in [0.5, 0.6) is 0 Å². The third-order valence-corrected chi connectivity index (χ3v) is 6.86. The van der Waals surface area contributed by atoms with Gasteiger partial charge in [-0.15, -0.1) is 0 Å². The number of aryl methyl sites for hydroxylation is 2. The first-order chi connectivity index (χ1) is 19.1. The molecule has 3 aromatic rings. The van der Waals surface area contributed by atoms with Crippen molar-refractivity contribution in [2.75, 3.05) is 25.7 Å². The van der Waals surface area contributed by atoms with Gasteiger partial charge in [-0.05, 0) is 60.6 Å². The van der Waals surface area contributed by atoms with Crippen LogP contribution in [0.15, 0.2) is 120 Å². The van der Waals surface area contributed by atoms with Gasteiger partial charge in [0.25, 0.3) is 0 Å². The van der Waals surface area contributed by atoms with Crippen LogP contribution in [0.25, 0.3) is 0 Å². The Labute approximate surface area is 241 Å². The number of rotatable bonds is 7. The van der Waals surface area contributed by atoms with Crippen LogP contribution in [-0.2, 0) is 26.7 Å². The zero-order valence-corrected chi connectivity index (χ0v) is 25.2. The van der Waals surface area contributed by atoms with Crippen molar-refractivity contribution in [1.82, 2.24) is 0 Å². The third-order valence-electron chi connectivity index (χ3n) is 6.00. The highest BCUT2D eigenvalue weighted by molar-refractivity contribution is 7.89. The Balaban J connectivity index is 0.000000218. The highest BCUT2D eigenvalue weighted by Gasteiger charge is 2.05. The molecule has 0 heterocycles. The molecule has 1 aliphatic carbocycles. The number of sulfone groups is 1. The summed E-state index contributed by atoms with van der Waals surface area (Å²) in [6.07, 6.45) is 10.6. The highest BCUT2D eigenvalue weighted by atomic mass is 32.2. The SMILES string of the molecule is C=C(OC)C1=CC=CCC1.CCc1cccc(CS(C)(=O)=O)c1.CN=C(Nc1cccc(C)c1)c1ccccc1. The maximum Gasteiger partial charge on any atom is 0.151 e. The molecule has 40 heavy (non-hydrogen) atoms. The molecule has 0 saturated carbocycles. The average Bonchev–Trinajstić information content (AvgIpc) is 2.96. The van der Waals surface area contributed by atoms with Crippen LogP contribution in [0, 0.1) is 6.92 Å². The Hall–Kier alpha value is -3.90. The summed E-state index contributed by atoms with van der Waals surface area (Å²) in [5.74, 6) is 1.82. The van der Waals surface area contributed by atoms with Crippen molar-refractivity contribution in [3.05, 3.63) is 137 Å². The van der Waals surface area contributed by atoms with Crippen LogP contribution in [0.3, 0.4) is 0 Å². The smallest absolute Gasteiger partial charge is 0.151 e. The quantitative estimate of drug-likeness (QED) is 0.183. The molecule has 0 atom stereocenters. The van der Waals surface area contributed by atoms with E-state index in [1.807, 2.05) is 72.8 Å². The fourth-order valence-corrected chi connectivity index (χ4v) is 4.71. The zero-order chi connectivity index (χ0) is 29.4. The summed E-state index contributed by atoms with van der Waals surface area (Å²) < 4.78 is 27.0. The minimum Gasteiger partial charge on any atom is -0.497 e. The highest BCUT2D eigenvalue weighted by Crippen LogP contribution is 2.18. The normalized spacial score (nSPS) is 12.6. The minimum atomic E-state index is -2.90. The predicted octanol–water partition coefficient (Wildman–Crippen LogP) is 7.70. The molecule has 0 saturated heterocycles. The van der Waals surface area contributed by atoms with Crippen LogP contribution in [0.4, 0.5) is 5.69 Å². The Bertz CT molecular complexity index is 1420. The van der Waals surface area contributed by atoms with Crippen LogP contribution in [0.1, 0.15) is 42.0 Å². The van der Waals surface area contributed by atoms with Crippen molar-refractivity contribution in [3.63, 3.8) is 0 Å². The number of methoxy groups -OCH3 is 1. The van der Waals surface area contributed by atoms with E-state index < -0.39 is 9.84 Å². The fraction of sp³-hybridized carbons (Fsp3) is 0.265. The standard InChI is InChI=1S/C15H16N2.C10H14O2S.C9H12O/c1-12-7-6-10-14(11-12)17-15(16-2)13-8-4-3-5-9-13;1-3-9-5-4-6-10(7-9)8-13(2,11)12;1-8(10-2)9-6-4-3-5-7-9/h3-11H,1-2H3,(H,16,17);4-7H,3,8H2,1-2H3;3-4,6H,1,5,7H2,2H3. The summed E-state index contributed by atoms with van der Waals surface area (Å²) in [5.41, 5.74) is 6.66. The van der Waals surface area contributed by atoms with Gasteiger partial charge in [0.05, 0.1) is 12.9 Å². The number of nitrogens with zero attached hydrogens (tertiary/aromatic N) is 1. The zero-order valence-electron chi connectivity index (χ0n) is 24.4. The molecule has 0 spiro atoms. The lowest BCUT2D eigenvalue weighted by Gasteiger charge is -2.10. The number of benzene rings is 3. The predicted molar refractivity (Wildman–Crippen MR) is 171 cm³/mol. The van der Waals surface area contributed by atoms with Crippen molar-refractivity contribution < 1.29 is 13.2 Å². The van der Waals surface area contributed by atoms with Gasteiger partial charge in [0.2, 0.25) is 0 Å². The second kappa shape index (κ2) is 16.9. The Morgan fingerprint density at radius 2 is 1.70 bits per heavy atom. The minimum absolute atomic E-state index is 0.140. The first kappa shape index (κ1) is 32.3. The lowest BCUT2D eigenvalue weighted by molar-refractivity contribution is 0.300. The number of hydrogen-bond donors (Lipinski definition) is 1. The largest absolute Gasteiger partial charge is 0.497 e. The van der Waals surface area contributed by atoms with Gasteiger partial charge < -0.3 is 10.1 Å². The first-order valence-corrected chi connectivity index (χ1v) is 15.4. The van der Waals surface area contributed by atoms with Crippen molar-refractivity contribution in [3.8, 4) is 0 Å². The van der Waals surface area contributed by atoms with Gasteiger partial charge in [0, 0.05) is 24.6 Å². The molecular formula is C34H42N2O3S. The van der Waals surface area contributed by atoms with Crippen LogP contribution in [0.2, 0.25) is 0 Å². The van der Waals surface area contributed by atoms with Gasteiger partial charge >= 0.3 is 0 Å². The van der Waals surface area contributed by atoms with E-state index in [4.69, 9.17) is 4.74 Å². The van der Waals surface area contributed by atoms with E-state index >= 15 is 0 Å². The van der Waals surface area contributed by atoms with Gasteiger partial charge in [0.15, 0.2) is 9.84 Å². The molecule has 1 N–H and O–H groups in total. The number of ether oxygens (including phenoxy) is 1. The Kier molecular flexibility index (Phi) is 13.7. The van der Waals surface area contributed by atoms with E-state index in [2.05, 4.69) is 55.0 Å². The molecular weight excluding hydrogens is 516 g/mol. The summed E-state index contributed by atoms with van der Waals surface area (Å²) in [7, 11) is 0.549. The maximum absolute atomic E-state index is 11.0. The van der Waals surface area contributed by atoms with E-state index in [9.17, 15) is 8.42 Å². The molecule has 0 fully saturated rings.